The van der Waals surface area contributed by atoms with Gasteiger partial charge >= 0.3 is 0 Å². The van der Waals surface area contributed by atoms with Crippen molar-refractivity contribution in [3.8, 4) is 0 Å². The quantitative estimate of drug-likeness (QED) is 0.751. The topological polar surface area (TPSA) is 40.7 Å². The lowest BCUT2D eigenvalue weighted by Gasteiger charge is -2.28. The molecule has 1 heterocycles. The zero-order valence-corrected chi connectivity index (χ0v) is 8.79. The van der Waals surface area contributed by atoms with Crippen LogP contribution in [0.3, 0.4) is 0 Å². The molecule has 1 atom stereocenters. The van der Waals surface area contributed by atoms with E-state index < -0.39 is 0 Å². The summed E-state index contributed by atoms with van der Waals surface area (Å²) in [6, 6.07) is 0.616. The maximum Gasteiger partial charge on any atom is 0.120 e. The first-order valence-corrected chi connectivity index (χ1v) is 5.56. The van der Waals surface area contributed by atoms with Crippen molar-refractivity contribution in [3.63, 3.8) is 0 Å². The third kappa shape index (κ3) is 2.58. The number of nitrogens with one attached hydrogen (secondary N) is 2. The summed E-state index contributed by atoms with van der Waals surface area (Å²) in [5.74, 6) is 2.01. The standard InChI is InChI=1S/C11H19N3/c1-9(7-10-3-2-4-10)14-8-11-12-5-6-13-11/h5-6,9-10,14H,2-4,7-8H2,1H3,(H,12,13). The second-order valence-corrected chi connectivity index (χ2v) is 4.35. The monoisotopic (exact) mass is 193 g/mol. The van der Waals surface area contributed by atoms with E-state index in [1.807, 2.05) is 6.20 Å². The predicted molar refractivity (Wildman–Crippen MR) is 56.8 cm³/mol. The molecule has 0 spiro atoms. The SMILES string of the molecule is CC(CC1CCC1)NCc1ncc[nH]1. The summed E-state index contributed by atoms with van der Waals surface area (Å²) in [6.45, 7) is 3.13. The maximum atomic E-state index is 4.18. The summed E-state index contributed by atoms with van der Waals surface area (Å²) in [4.78, 5) is 7.28. The molecular weight excluding hydrogens is 174 g/mol. The third-order valence-electron chi connectivity index (χ3n) is 3.08. The van der Waals surface area contributed by atoms with Gasteiger partial charge in [-0.25, -0.2) is 4.98 Å². The Hall–Kier alpha value is -0.830. The average Bonchev–Trinajstić information content (AvgIpc) is 2.60. The van der Waals surface area contributed by atoms with Crippen molar-refractivity contribution in [3.05, 3.63) is 18.2 Å². The zero-order chi connectivity index (χ0) is 9.80. The minimum atomic E-state index is 0.616. The molecule has 1 aromatic rings. The van der Waals surface area contributed by atoms with E-state index in [1.165, 1.54) is 25.7 Å². The van der Waals surface area contributed by atoms with E-state index in [2.05, 4.69) is 22.2 Å². The maximum absolute atomic E-state index is 4.18. The average molecular weight is 193 g/mol. The molecule has 78 valence electrons. The van der Waals surface area contributed by atoms with Gasteiger partial charge in [0.1, 0.15) is 5.82 Å². The Morgan fingerprint density at radius 1 is 1.64 bits per heavy atom. The van der Waals surface area contributed by atoms with Crippen LogP contribution in [-0.4, -0.2) is 16.0 Å². The lowest BCUT2D eigenvalue weighted by atomic mass is 9.81. The first-order valence-electron chi connectivity index (χ1n) is 5.56. The van der Waals surface area contributed by atoms with Gasteiger partial charge in [0, 0.05) is 18.4 Å². The number of aromatic amines is 1. The van der Waals surface area contributed by atoms with Crippen LogP contribution in [0.2, 0.25) is 0 Å². The second-order valence-electron chi connectivity index (χ2n) is 4.35. The Morgan fingerprint density at radius 2 is 2.50 bits per heavy atom. The van der Waals surface area contributed by atoms with Gasteiger partial charge < -0.3 is 10.3 Å². The van der Waals surface area contributed by atoms with Gasteiger partial charge in [0.2, 0.25) is 0 Å². The molecule has 0 radical (unpaired) electrons. The number of imidazole rings is 1. The van der Waals surface area contributed by atoms with Gasteiger partial charge in [0.25, 0.3) is 0 Å². The summed E-state index contributed by atoms with van der Waals surface area (Å²) in [5, 5.41) is 3.49. The number of hydrogen-bond acceptors (Lipinski definition) is 2. The van der Waals surface area contributed by atoms with Gasteiger partial charge in [-0.2, -0.15) is 0 Å². The van der Waals surface area contributed by atoms with Crippen LogP contribution in [0.1, 0.15) is 38.4 Å². The van der Waals surface area contributed by atoms with Gasteiger partial charge in [-0.3, -0.25) is 0 Å². The molecule has 0 aromatic carbocycles. The molecule has 3 heteroatoms. The van der Waals surface area contributed by atoms with Crippen molar-refractivity contribution in [1.29, 1.82) is 0 Å². The Morgan fingerprint density at radius 3 is 3.07 bits per heavy atom. The van der Waals surface area contributed by atoms with Crippen LogP contribution in [-0.2, 0) is 6.54 Å². The first kappa shape index (κ1) is 9.71. The second kappa shape index (κ2) is 4.60. The molecule has 3 nitrogen and oxygen atoms in total. The number of H-pyrrole nitrogens is 1. The highest BCUT2D eigenvalue weighted by Gasteiger charge is 2.19. The lowest BCUT2D eigenvalue weighted by Crippen LogP contribution is -2.30. The molecule has 1 aromatic heterocycles. The Balaban J connectivity index is 1.64. The fourth-order valence-corrected chi connectivity index (χ4v) is 1.98. The highest BCUT2D eigenvalue weighted by atomic mass is 15.0. The Bertz CT molecular complexity index is 252. The van der Waals surface area contributed by atoms with E-state index in [4.69, 9.17) is 0 Å². The summed E-state index contributed by atoms with van der Waals surface area (Å²) in [5.41, 5.74) is 0. The van der Waals surface area contributed by atoms with E-state index in [0.717, 1.165) is 18.3 Å². The summed E-state index contributed by atoms with van der Waals surface area (Å²) in [6.07, 6.45) is 9.30. The number of aromatic nitrogens is 2. The number of hydrogen-bond donors (Lipinski definition) is 2. The van der Waals surface area contributed by atoms with Crippen LogP contribution in [0.5, 0.6) is 0 Å². The van der Waals surface area contributed by atoms with E-state index in [1.54, 1.807) is 6.20 Å². The van der Waals surface area contributed by atoms with E-state index >= 15 is 0 Å². The summed E-state index contributed by atoms with van der Waals surface area (Å²) < 4.78 is 0. The first-order chi connectivity index (χ1) is 6.84. The third-order valence-corrected chi connectivity index (χ3v) is 3.08. The Labute approximate surface area is 85.3 Å². The molecule has 14 heavy (non-hydrogen) atoms. The van der Waals surface area contributed by atoms with Gasteiger partial charge in [0.05, 0.1) is 6.54 Å². The lowest BCUT2D eigenvalue weighted by molar-refractivity contribution is 0.265. The molecule has 1 fully saturated rings. The summed E-state index contributed by atoms with van der Waals surface area (Å²) >= 11 is 0. The number of nitrogens with zero attached hydrogens (tertiary/aromatic N) is 1. The van der Waals surface area contributed by atoms with Gasteiger partial charge in [-0.15, -0.1) is 0 Å². The largest absolute Gasteiger partial charge is 0.348 e. The van der Waals surface area contributed by atoms with Crippen LogP contribution in [0.15, 0.2) is 12.4 Å². The molecule has 1 aliphatic carbocycles. The van der Waals surface area contributed by atoms with Crippen LogP contribution in [0.4, 0.5) is 0 Å². The molecule has 0 bridgehead atoms. The van der Waals surface area contributed by atoms with Crippen molar-refractivity contribution >= 4 is 0 Å². The zero-order valence-electron chi connectivity index (χ0n) is 8.79. The molecule has 2 N–H and O–H groups in total. The van der Waals surface area contributed by atoms with Gasteiger partial charge in [-0.1, -0.05) is 19.3 Å². The predicted octanol–water partition coefficient (Wildman–Crippen LogP) is 2.08. The van der Waals surface area contributed by atoms with Crippen LogP contribution < -0.4 is 5.32 Å². The van der Waals surface area contributed by atoms with Crippen molar-refractivity contribution in [2.45, 2.75) is 45.2 Å². The van der Waals surface area contributed by atoms with Crippen LogP contribution in [0.25, 0.3) is 0 Å². The smallest absolute Gasteiger partial charge is 0.120 e. The van der Waals surface area contributed by atoms with E-state index in [0.29, 0.717) is 6.04 Å². The number of rotatable bonds is 5. The molecule has 0 amide bonds. The van der Waals surface area contributed by atoms with E-state index in [9.17, 15) is 0 Å². The van der Waals surface area contributed by atoms with Crippen molar-refractivity contribution in [2.24, 2.45) is 5.92 Å². The van der Waals surface area contributed by atoms with Crippen LogP contribution in [0, 0.1) is 5.92 Å². The van der Waals surface area contributed by atoms with Crippen molar-refractivity contribution in [2.75, 3.05) is 0 Å². The normalized spacial score (nSPS) is 19.2. The van der Waals surface area contributed by atoms with Crippen LogP contribution >= 0.6 is 0 Å². The van der Waals surface area contributed by atoms with E-state index in [-0.39, 0.29) is 0 Å². The fraction of sp³-hybridized carbons (Fsp3) is 0.727. The highest BCUT2D eigenvalue weighted by molar-refractivity contribution is 4.87. The molecule has 0 aliphatic heterocycles. The molecular formula is C11H19N3. The minimum absolute atomic E-state index is 0.616. The fourth-order valence-electron chi connectivity index (χ4n) is 1.98. The van der Waals surface area contributed by atoms with Crippen molar-refractivity contribution < 1.29 is 0 Å². The highest BCUT2D eigenvalue weighted by Crippen LogP contribution is 2.30. The molecule has 0 saturated heterocycles. The van der Waals surface area contributed by atoms with Gasteiger partial charge in [-0.05, 0) is 19.3 Å². The Kier molecular flexibility index (Phi) is 3.19. The van der Waals surface area contributed by atoms with Gasteiger partial charge in [0.15, 0.2) is 0 Å². The molecule has 2 rings (SSSR count). The minimum Gasteiger partial charge on any atom is -0.348 e. The van der Waals surface area contributed by atoms with Crippen molar-refractivity contribution in [1.82, 2.24) is 15.3 Å². The summed E-state index contributed by atoms with van der Waals surface area (Å²) in [7, 11) is 0. The molecule has 1 saturated carbocycles. The molecule has 1 unspecified atom stereocenters. The molecule has 1 aliphatic rings.